The zero-order chi connectivity index (χ0) is 14.8. The van der Waals surface area contributed by atoms with E-state index in [0.717, 1.165) is 44.1 Å². The van der Waals surface area contributed by atoms with Crippen LogP contribution in [-0.2, 0) is 18.4 Å². The van der Waals surface area contributed by atoms with Crippen LogP contribution in [0.15, 0.2) is 24.3 Å². The van der Waals surface area contributed by atoms with Crippen molar-refractivity contribution >= 4 is 16.9 Å². The van der Waals surface area contributed by atoms with Crippen molar-refractivity contribution in [1.29, 1.82) is 0 Å². The lowest BCUT2D eigenvalue weighted by atomic mass is 10.3. The Hall–Kier alpha value is -1.88. The van der Waals surface area contributed by atoms with Gasteiger partial charge in [-0.05, 0) is 12.1 Å². The molecule has 1 aromatic carbocycles. The van der Waals surface area contributed by atoms with Crippen LogP contribution in [0.4, 0.5) is 0 Å². The number of rotatable bonds is 3. The molecule has 1 aliphatic heterocycles. The zero-order valence-electron chi connectivity index (χ0n) is 12.7. The predicted molar refractivity (Wildman–Crippen MR) is 82.9 cm³/mol. The number of amides is 1. The average Bonchev–Trinajstić information content (AvgIpc) is 2.84. The summed E-state index contributed by atoms with van der Waals surface area (Å²) in [4.78, 5) is 20.8. The highest BCUT2D eigenvalue weighted by atomic mass is 16.2. The first-order valence-electron chi connectivity index (χ1n) is 7.59. The summed E-state index contributed by atoms with van der Waals surface area (Å²) in [7, 11) is 2.07. The number of carbonyl (C=O) groups excluding carboxylic acids is 1. The van der Waals surface area contributed by atoms with Gasteiger partial charge in [-0.2, -0.15) is 0 Å². The second kappa shape index (κ2) is 5.85. The molecule has 5 nitrogen and oxygen atoms in total. The third-order valence-electron chi connectivity index (χ3n) is 4.27. The van der Waals surface area contributed by atoms with E-state index < -0.39 is 0 Å². The molecule has 0 unspecified atom stereocenters. The minimum absolute atomic E-state index is 0.261. The molecule has 0 radical (unpaired) electrons. The summed E-state index contributed by atoms with van der Waals surface area (Å²) in [5.41, 5.74) is 2.22. The standard InChI is InChI=1S/C16H22N4O/c1-3-16(21)20-10-8-19(9-11-20)12-15-17-13-6-4-5-7-14(13)18(15)2/h4-7H,3,8-12H2,1-2H3. The van der Waals surface area contributed by atoms with Gasteiger partial charge in [0.15, 0.2) is 0 Å². The van der Waals surface area contributed by atoms with Gasteiger partial charge in [-0.3, -0.25) is 9.69 Å². The van der Waals surface area contributed by atoms with Crippen LogP contribution in [0.25, 0.3) is 11.0 Å². The first-order valence-corrected chi connectivity index (χ1v) is 7.59. The van der Waals surface area contributed by atoms with E-state index in [9.17, 15) is 4.79 Å². The second-order valence-corrected chi connectivity index (χ2v) is 5.59. The number of para-hydroxylation sites is 2. The van der Waals surface area contributed by atoms with Gasteiger partial charge in [0.1, 0.15) is 5.82 Å². The van der Waals surface area contributed by atoms with Crippen LogP contribution in [0.3, 0.4) is 0 Å². The number of hydrogen-bond donors (Lipinski definition) is 0. The van der Waals surface area contributed by atoms with Gasteiger partial charge in [-0.1, -0.05) is 19.1 Å². The van der Waals surface area contributed by atoms with Crippen LogP contribution in [0, 0.1) is 0 Å². The fraction of sp³-hybridized carbons (Fsp3) is 0.500. The molecule has 21 heavy (non-hydrogen) atoms. The van der Waals surface area contributed by atoms with E-state index in [1.165, 1.54) is 5.52 Å². The fourth-order valence-electron chi connectivity index (χ4n) is 2.92. The zero-order valence-corrected chi connectivity index (χ0v) is 12.7. The molecule has 112 valence electrons. The summed E-state index contributed by atoms with van der Waals surface area (Å²) in [6, 6.07) is 8.22. The number of piperazine rings is 1. The van der Waals surface area contributed by atoms with Crippen LogP contribution in [-0.4, -0.2) is 51.4 Å². The van der Waals surface area contributed by atoms with E-state index in [1.54, 1.807) is 0 Å². The molecule has 5 heteroatoms. The lowest BCUT2D eigenvalue weighted by molar-refractivity contribution is -0.132. The van der Waals surface area contributed by atoms with Crippen LogP contribution >= 0.6 is 0 Å². The average molecular weight is 286 g/mol. The molecule has 2 heterocycles. The maximum atomic E-state index is 11.7. The molecule has 0 N–H and O–H groups in total. The normalized spacial score (nSPS) is 16.6. The lowest BCUT2D eigenvalue weighted by Gasteiger charge is -2.34. The third-order valence-corrected chi connectivity index (χ3v) is 4.27. The van der Waals surface area contributed by atoms with Crippen LogP contribution in [0.5, 0.6) is 0 Å². The highest BCUT2D eigenvalue weighted by Gasteiger charge is 2.21. The summed E-state index contributed by atoms with van der Waals surface area (Å²) in [5, 5.41) is 0. The minimum Gasteiger partial charge on any atom is -0.340 e. The molecule has 3 rings (SSSR count). The van der Waals surface area contributed by atoms with Crippen LogP contribution in [0.2, 0.25) is 0 Å². The first kappa shape index (κ1) is 14.1. The maximum Gasteiger partial charge on any atom is 0.222 e. The summed E-state index contributed by atoms with van der Waals surface area (Å²) < 4.78 is 2.17. The Morgan fingerprint density at radius 1 is 1.19 bits per heavy atom. The Balaban J connectivity index is 1.67. The number of fused-ring (bicyclic) bond motifs is 1. The van der Waals surface area contributed by atoms with Crippen molar-refractivity contribution < 1.29 is 4.79 Å². The summed E-state index contributed by atoms with van der Waals surface area (Å²) in [6.07, 6.45) is 0.602. The maximum absolute atomic E-state index is 11.7. The Morgan fingerprint density at radius 2 is 1.90 bits per heavy atom. The van der Waals surface area contributed by atoms with Crippen molar-refractivity contribution in [2.45, 2.75) is 19.9 Å². The highest BCUT2D eigenvalue weighted by Crippen LogP contribution is 2.16. The molecule has 1 fully saturated rings. The number of benzene rings is 1. The van der Waals surface area contributed by atoms with Crippen molar-refractivity contribution in [3.05, 3.63) is 30.1 Å². The van der Waals surface area contributed by atoms with Crippen LogP contribution < -0.4 is 0 Å². The van der Waals surface area contributed by atoms with E-state index in [0.29, 0.717) is 6.42 Å². The second-order valence-electron chi connectivity index (χ2n) is 5.59. The predicted octanol–water partition coefficient (Wildman–Crippen LogP) is 1.63. The summed E-state index contributed by atoms with van der Waals surface area (Å²) in [5.74, 6) is 1.35. The summed E-state index contributed by atoms with van der Waals surface area (Å²) in [6.45, 7) is 6.28. The monoisotopic (exact) mass is 286 g/mol. The van der Waals surface area contributed by atoms with Crippen molar-refractivity contribution in [3.8, 4) is 0 Å². The number of aromatic nitrogens is 2. The molecule has 1 amide bonds. The number of hydrogen-bond acceptors (Lipinski definition) is 3. The smallest absolute Gasteiger partial charge is 0.222 e. The van der Waals surface area contributed by atoms with Gasteiger partial charge in [-0.25, -0.2) is 4.98 Å². The molecule has 0 spiro atoms. The summed E-state index contributed by atoms with van der Waals surface area (Å²) >= 11 is 0. The molecular weight excluding hydrogens is 264 g/mol. The van der Waals surface area contributed by atoms with Gasteiger partial charge >= 0.3 is 0 Å². The minimum atomic E-state index is 0.261. The molecular formula is C16H22N4O. The first-order chi connectivity index (χ1) is 10.2. The van der Waals surface area contributed by atoms with Gasteiger partial charge in [0.05, 0.1) is 17.6 Å². The molecule has 2 aromatic rings. The largest absolute Gasteiger partial charge is 0.340 e. The number of aryl methyl sites for hydroxylation is 1. The van der Waals surface area contributed by atoms with E-state index >= 15 is 0 Å². The topological polar surface area (TPSA) is 41.4 Å². The Kier molecular flexibility index (Phi) is 3.92. The van der Waals surface area contributed by atoms with Gasteiger partial charge < -0.3 is 9.47 Å². The molecule has 1 saturated heterocycles. The van der Waals surface area contributed by atoms with Crippen LogP contribution in [0.1, 0.15) is 19.2 Å². The van der Waals surface area contributed by atoms with E-state index in [-0.39, 0.29) is 5.91 Å². The molecule has 0 aliphatic carbocycles. The molecule has 0 atom stereocenters. The van der Waals surface area contributed by atoms with Gasteiger partial charge in [0, 0.05) is 39.6 Å². The Labute approximate surface area is 125 Å². The third kappa shape index (κ3) is 2.78. The van der Waals surface area contributed by atoms with Crippen molar-refractivity contribution in [1.82, 2.24) is 19.4 Å². The quantitative estimate of drug-likeness (QED) is 0.861. The fourth-order valence-corrected chi connectivity index (χ4v) is 2.92. The van der Waals surface area contributed by atoms with Gasteiger partial charge in [0.25, 0.3) is 0 Å². The van der Waals surface area contributed by atoms with E-state index in [4.69, 9.17) is 4.98 Å². The lowest BCUT2D eigenvalue weighted by Crippen LogP contribution is -2.48. The van der Waals surface area contributed by atoms with Gasteiger partial charge in [-0.15, -0.1) is 0 Å². The highest BCUT2D eigenvalue weighted by molar-refractivity contribution is 5.76. The van der Waals surface area contributed by atoms with Gasteiger partial charge in [0.2, 0.25) is 5.91 Å². The number of imidazole rings is 1. The van der Waals surface area contributed by atoms with E-state index in [1.807, 2.05) is 24.0 Å². The van der Waals surface area contributed by atoms with Crippen molar-refractivity contribution in [2.75, 3.05) is 26.2 Å². The number of nitrogens with zero attached hydrogens (tertiary/aromatic N) is 4. The van der Waals surface area contributed by atoms with Crippen molar-refractivity contribution in [3.63, 3.8) is 0 Å². The molecule has 0 saturated carbocycles. The molecule has 1 aromatic heterocycles. The number of carbonyl (C=O) groups is 1. The van der Waals surface area contributed by atoms with E-state index in [2.05, 4.69) is 28.6 Å². The van der Waals surface area contributed by atoms with Crippen molar-refractivity contribution in [2.24, 2.45) is 7.05 Å². The molecule has 0 bridgehead atoms. The Morgan fingerprint density at radius 3 is 2.57 bits per heavy atom. The Bertz CT molecular complexity index is 641. The SMILES string of the molecule is CCC(=O)N1CCN(Cc2nc3ccccc3n2C)CC1. The molecule has 1 aliphatic rings.